The maximum absolute atomic E-state index is 5.93. The van der Waals surface area contributed by atoms with E-state index in [4.69, 9.17) is 16.3 Å². The molecule has 0 N–H and O–H groups in total. The molecule has 0 amide bonds. The molecule has 0 saturated heterocycles. The van der Waals surface area contributed by atoms with Gasteiger partial charge in [0, 0.05) is 12.3 Å². The standard InChI is InChI=1S/C13H17ClO/c1-13(2,9-14)8-11-7-10-5-3-4-6-12(10)15-11/h3-6,11H,7-9H2,1-2H3. The van der Waals surface area contributed by atoms with Gasteiger partial charge in [0.25, 0.3) is 0 Å². The summed E-state index contributed by atoms with van der Waals surface area (Å²) in [6.07, 6.45) is 2.35. The van der Waals surface area contributed by atoms with Crippen LogP contribution in [0.3, 0.4) is 0 Å². The van der Waals surface area contributed by atoms with Gasteiger partial charge in [-0.25, -0.2) is 0 Å². The van der Waals surface area contributed by atoms with Crippen LogP contribution < -0.4 is 4.74 Å². The van der Waals surface area contributed by atoms with Crippen molar-refractivity contribution in [3.63, 3.8) is 0 Å². The summed E-state index contributed by atoms with van der Waals surface area (Å²) in [5, 5.41) is 0. The molecule has 1 nitrogen and oxygen atoms in total. The Balaban J connectivity index is 2.02. The number of hydrogen-bond donors (Lipinski definition) is 0. The maximum Gasteiger partial charge on any atom is 0.123 e. The van der Waals surface area contributed by atoms with Crippen molar-refractivity contribution in [1.29, 1.82) is 0 Å². The van der Waals surface area contributed by atoms with Gasteiger partial charge < -0.3 is 4.74 Å². The molecule has 15 heavy (non-hydrogen) atoms. The second-order valence-corrected chi connectivity index (χ2v) is 5.32. The third kappa shape index (κ3) is 2.46. The van der Waals surface area contributed by atoms with Gasteiger partial charge in [0.2, 0.25) is 0 Å². The van der Waals surface area contributed by atoms with Crippen molar-refractivity contribution in [2.45, 2.75) is 32.8 Å². The van der Waals surface area contributed by atoms with Crippen molar-refractivity contribution in [2.75, 3.05) is 5.88 Å². The van der Waals surface area contributed by atoms with E-state index in [0.717, 1.165) is 18.6 Å². The number of ether oxygens (including phenoxy) is 1. The molecule has 1 aliphatic heterocycles. The fourth-order valence-electron chi connectivity index (χ4n) is 2.04. The van der Waals surface area contributed by atoms with Crippen molar-refractivity contribution in [2.24, 2.45) is 5.41 Å². The number of fused-ring (bicyclic) bond motifs is 1. The second-order valence-electron chi connectivity index (χ2n) is 5.05. The number of alkyl halides is 1. The van der Waals surface area contributed by atoms with E-state index in [2.05, 4.69) is 26.0 Å². The molecule has 2 heteroatoms. The minimum Gasteiger partial charge on any atom is -0.490 e. The fourth-order valence-corrected chi connectivity index (χ4v) is 2.15. The molecule has 0 spiro atoms. The molecule has 82 valence electrons. The molecular formula is C13H17ClO. The first-order valence-electron chi connectivity index (χ1n) is 5.41. The third-order valence-corrected chi connectivity index (χ3v) is 3.58. The zero-order valence-corrected chi connectivity index (χ0v) is 10.1. The van der Waals surface area contributed by atoms with Gasteiger partial charge in [-0.15, -0.1) is 11.6 Å². The van der Waals surface area contributed by atoms with E-state index in [-0.39, 0.29) is 5.41 Å². The molecule has 0 aromatic heterocycles. The lowest BCUT2D eigenvalue weighted by Crippen LogP contribution is -2.25. The number of rotatable bonds is 3. The van der Waals surface area contributed by atoms with Gasteiger partial charge in [-0.3, -0.25) is 0 Å². The Morgan fingerprint density at radius 1 is 1.40 bits per heavy atom. The molecule has 0 radical (unpaired) electrons. The quantitative estimate of drug-likeness (QED) is 0.713. The highest BCUT2D eigenvalue weighted by Crippen LogP contribution is 2.34. The van der Waals surface area contributed by atoms with Gasteiger partial charge in [-0.2, -0.15) is 0 Å². The lowest BCUT2D eigenvalue weighted by molar-refractivity contribution is 0.168. The van der Waals surface area contributed by atoms with Crippen molar-refractivity contribution in [1.82, 2.24) is 0 Å². The summed E-state index contributed by atoms with van der Waals surface area (Å²) < 4.78 is 5.89. The van der Waals surface area contributed by atoms with Crippen LogP contribution in [0.2, 0.25) is 0 Å². The second kappa shape index (κ2) is 4.05. The van der Waals surface area contributed by atoms with Crippen LogP contribution in [-0.2, 0) is 6.42 Å². The van der Waals surface area contributed by atoms with Crippen LogP contribution in [0.25, 0.3) is 0 Å². The maximum atomic E-state index is 5.93. The van der Waals surface area contributed by atoms with E-state index in [1.54, 1.807) is 0 Å². The highest BCUT2D eigenvalue weighted by Gasteiger charge is 2.28. The zero-order chi connectivity index (χ0) is 10.9. The predicted octanol–water partition coefficient (Wildman–Crippen LogP) is 3.65. The Kier molecular flexibility index (Phi) is 2.92. The van der Waals surface area contributed by atoms with Crippen LogP contribution in [-0.4, -0.2) is 12.0 Å². The summed E-state index contributed by atoms with van der Waals surface area (Å²) in [4.78, 5) is 0. The summed E-state index contributed by atoms with van der Waals surface area (Å²) in [6, 6.07) is 8.28. The van der Waals surface area contributed by atoms with Gasteiger partial charge in [0.15, 0.2) is 0 Å². The summed E-state index contributed by atoms with van der Waals surface area (Å²) in [5.41, 5.74) is 1.49. The van der Waals surface area contributed by atoms with E-state index < -0.39 is 0 Å². The normalized spacial score (nSPS) is 19.8. The average Bonchev–Trinajstić information content (AvgIpc) is 2.58. The molecular weight excluding hydrogens is 208 g/mol. The molecule has 1 atom stereocenters. The lowest BCUT2D eigenvalue weighted by Gasteiger charge is -2.24. The third-order valence-electron chi connectivity index (χ3n) is 2.86. The Bertz CT molecular complexity index is 321. The first-order chi connectivity index (χ1) is 7.11. The van der Waals surface area contributed by atoms with E-state index in [0.29, 0.717) is 12.0 Å². The Morgan fingerprint density at radius 3 is 2.80 bits per heavy atom. The first-order valence-corrected chi connectivity index (χ1v) is 5.95. The fraction of sp³-hybridized carbons (Fsp3) is 0.538. The Morgan fingerprint density at radius 2 is 2.13 bits per heavy atom. The van der Waals surface area contributed by atoms with E-state index in [1.807, 2.05) is 12.1 Å². The molecule has 0 saturated carbocycles. The largest absolute Gasteiger partial charge is 0.490 e. The molecule has 0 bridgehead atoms. The van der Waals surface area contributed by atoms with Crippen LogP contribution in [0.15, 0.2) is 24.3 Å². The lowest BCUT2D eigenvalue weighted by atomic mass is 9.87. The monoisotopic (exact) mass is 224 g/mol. The smallest absolute Gasteiger partial charge is 0.123 e. The first kappa shape index (κ1) is 10.8. The van der Waals surface area contributed by atoms with Gasteiger partial charge in [-0.1, -0.05) is 32.0 Å². The van der Waals surface area contributed by atoms with Gasteiger partial charge in [0.1, 0.15) is 11.9 Å². The summed E-state index contributed by atoms with van der Waals surface area (Å²) >= 11 is 5.93. The minimum absolute atomic E-state index is 0.161. The summed E-state index contributed by atoms with van der Waals surface area (Å²) in [7, 11) is 0. The molecule has 1 aromatic rings. The van der Waals surface area contributed by atoms with Crippen LogP contribution in [0.5, 0.6) is 5.75 Å². The Hall–Kier alpha value is -0.690. The summed E-state index contributed by atoms with van der Waals surface area (Å²) in [5.74, 6) is 1.73. The van der Waals surface area contributed by atoms with Crippen LogP contribution in [0, 0.1) is 5.41 Å². The minimum atomic E-state index is 0.161. The number of halogens is 1. The molecule has 0 aliphatic carbocycles. The van der Waals surface area contributed by atoms with Gasteiger partial charge in [0.05, 0.1) is 0 Å². The number of hydrogen-bond acceptors (Lipinski definition) is 1. The van der Waals surface area contributed by atoms with Crippen molar-refractivity contribution in [3.05, 3.63) is 29.8 Å². The Labute approximate surface area is 96.4 Å². The van der Waals surface area contributed by atoms with Crippen LogP contribution in [0.1, 0.15) is 25.8 Å². The molecule has 1 heterocycles. The van der Waals surface area contributed by atoms with Gasteiger partial charge >= 0.3 is 0 Å². The van der Waals surface area contributed by atoms with Crippen molar-refractivity contribution < 1.29 is 4.74 Å². The predicted molar refractivity (Wildman–Crippen MR) is 63.7 cm³/mol. The average molecular weight is 225 g/mol. The summed E-state index contributed by atoms with van der Waals surface area (Å²) in [6.45, 7) is 4.37. The van der Waals surface area contributed by atoms with Crippen LogP contribution in [0.4, 0.5) is 0 Å². The van der Waals surface area contributed by atoms with E-state index in [9.17, 15) is 0 Å². The topological polar surface area (TPSA) is 9.23 Å². The van der Waals surface area contributed by atoms with Crippen molar-refractivity contribution in [3.8, 4) is 5.75 Å². The molecule has 0 fully saturated rings. The highest BCUT2D eigenvalue weighted by atomic mass is 35.5. The zero-order valence-electron chi connectivity index (χ0n) is 9.29. The molecule has 1 aliphatic rings. The SMILES string of the molecule is CC(C)(CCl)CC1Cc2ccccc2O1. The van der Waals surface area contributed by atoms with E-state index in [1.165, 1.54) is 5.56 Å². The van der Waals surface area contributed by atoms with E-state index >= 15 is 0 Å². The van der Waals surface area contributed by atoms with Crippen LogP contribution >= 0.6 is 11.6 Å². The number of para-hydroxylation sites is 1. The number of benzene rings is 1. The molecule has 2 rings (SSSR count). The molecule has 1 unspecified atom stereocenters. The molecule has 1 aromatic carbocycles. The van der Waals surface area contributed by atoms with Gasteiger partial charge in [-0.05, 0) is 23.5 Å². The highest BCUT2D eigenvalue weighted by molar-refractivity contribution is 6.18. The van der Waals surface area contributed by atoms with Crippen molar-refractivity contribution >= 4 is 11.6 Å².